The second-order valence-electron chi connectivity index (χ2n) is 2.16. The second kappa shape index (κ2) is 3.79. The molecule has 0 aliphatic heterocycles. The molecule has 1 rings (SSSR count). The van der Waals surface area contributed by atoms with Crippen molar-refractivity contribution >= 4 is 10.0 Å². The number of aromatic nitrogens is 2. The van der Waals surface area contributed by atoms with Gasteiger partial charge in [0.15, 0.2) is 5.03 Å². The Morgan fingerprint density at radius 2 is 2.31 bits per heavy atom. The molecule has 0 aromatic carbocycles. The van der Waals surface area contributed by atoms with Crippen molar-refractivity contribution in [3.8, 4) is 0 Å². The maximum absolute atomic E-state index is 11.7. The van der Waals surface area contributed by atoms with Gasteiger partial charge in [-0.25, -0.2) is 21.9 Å². The quantitative estimate of drug-likeness (QED) is 0.733. The molecule has 0 saturated heterocycles. The van der Waals surface area contributed by atoms with E-state index in [-0.39, 0.29) is 5.03 Å². The van der Waals surface area contributed by atoms with Crippen LogP contribution < -0.4 is 4.72 Å². The molecule has 0 fully saturated rings. The summed E-state index contributed by atoms with van der Waals surface area (Å²) in [6.07, 6.45) is -1.49. The zero-order chi connectivity index (χ0) is 9.90. The Morgan fingerprint density at radius 1 is 1.62 bits per heavy atom. The summed E-state index contributed by atoms with van der Waals surface area (Å²) >= 11 is 0. The van der Waals surface area contributed by atoms with Crippen molar-refractivity contribution in [2.45, 2.75) is 11.5 Å². The summed E-state index contributed by atoms with van der Waals surface area (Å²) in [6, 6.07) is 1.17. The van der Waals surface area contributed by atoms with Crippen LogP contribution in [0.15, 0.2) is 17.3 Å². The Bertz CT molecular complexity index is 348. The molecule has 74 valence electrons. The number of rotatable bonds is 4. The number of alkyl halides is 2. The number of nitrogens with zero attached hydrogens (tertiary/aromatic N) is 1. The molecule has 8 heteroatoms. The Kier molecular flexibility index (Phi) is 2.94. The van der Waals surface area contributed by atoms with Gasteiger partial charge >= 0.3 is 0 Å². The van der Waals surface area contributed by atoms with Crippen LogP contribution in [-0.2, 0) is 10.0 Å². The summed E-state index contributed by atoms with van der Waals surface area (Å²) in [5, 5.41) is 5.31. The zero-order valence-electron chi connectivity index (χ0n) is 6.37. The van der Waals surface area contributed by atoms with Gasteiger partial charge in [0, 0.05) is 0 Å². The van der Waals surface area contributed by atoms with Crippen molar-refractivity contribution in [1.82, 2.24) is 14.9 Å². The highest BCUT2D eigenvalue weighted by Gasteiger charge is 2.16. The highest BCUT2D eigenvalue weighted by atomic mass is 32.2. The Balaban J connectivity index is 2.68. The minimum absolute atomic E-state index is 0.229. The number of sulfonamides is 1. The topological polar surface area (TPSA) is 74.8 Å². The summed E-state index contributed by atoms with van der Waals surface area (Å²) in [6.45, 7) is -0.901. The fourth-order valence-corrected chi connectivity index (χ4v) is 1.56. The van der Waals surface area contributed by atoms with E-state index in [1.807, 2.05) is 0 Å². The lowest BCUT2D eigenvalue weighted by Crippen LogP contribution is -2.28. The van der Waals surface area contributed by atoms with E-state index in [9.17, 15) is 17.2 Å². The number of hydrogen-bond donors (Lipinski definition) is 2. The largest absolute Gasteiger partial charge is 0.266 e. The predicted octanol–water partition coefficient (Wildman–Crippen LogP) is -0.0469. The lowest BCUT2D eigenvalue weighted by molar-refractivity contribution is 0.153. The molecule has 0 bridgehead atoms. The van der Waals surface area contributed by atoms with E-state index in [4.69, 9.17) is 0 Å². The van der Waals surface area contributed by atoms with Gasteiger partial charge in [-0.15, -0.1) is 0 Å². The molecule has 0 aliphatic carbocycles. The van der Waals surface area contributed by atoms with Crippen LogP contribution in [0.25, 0.3) is 0 Å². The van der Waals surface area contributed by atoms with Crippen LogP contribution in [0.4, 0.5) is 8.78 Å². The molecule has 0 aliphatic rings. The van der Waals surface area contributed by atoms with Gasteiger partial charge < -0.3 is 0 Å². The minimum Gasteiger partial charge on any atom is -0.266 e. The lowest BCUT2D eigenvalue weighted by atomic mass is 10.7. The SMILES string of the molecule is O=S(=O)(NCC(F)F)c1ccn[nH]1. The molecular formula is C5H7F2N3O2S. The molecule has 0 spiro atoms. The first-order valence-corrected chi connectivity index (χ1v) is 4.78. The predicted molar refractivity (Wildman–Crippen MR) is 39.8 cm³/mol. The van der Waals surface area contributed by atoms with Gasteiger partial charge in [0.2, 0.25) is 0 Å². The van der Waals surface area contributed by atoms with Gasteiger partial charge in [-0.2, -0.15) is 5.10 Å². The van der Waals surface area contributed by atoms with E-state index in [1.54, 1.807) is 4.72 Å². The third-order valence-corrected chi connectivity index (χ3v) is 2.55. The Morgan fingerprint density at radius 3 is 2.77 bits per heavy atom. The van der Waals surface area contributed by atoms with Crippen LogP contribution in [0.1, 0.15) is 0 Å². The van der Waals surface area contributed by atoms with Crippen molar-refractivity contribution in [2.75, 3.05) is 6.54 Å². The number of H-pyrrole nitrogens is 1. The molecule has 0 unspecified atom stereocenters. The Labute approximate surface area is 73.2 Å². The number of halogens is 2. The molecule has 5 nitrogen and oxygen atoms in total. The maximum Gasteiger partial charge on any atom is 0.257 e. The molecule has 0 atom stereocenters. The molecule has 1 heterocycles. The first-order valence-electron chi connectivity index (χ1n) is 3.29. The van der Waals surface area contributed by atoms with Crippen LogP contribution >= 0.6 is 0 Å². The van der Waals surface area contributed by atoms with Crippen molar-refractivity contribution in [3.63, 3.8) is 0 Å². The monoisotopic (exact) mass is 211 g/mol. The molecule has 2 N–H and O–H groups in total. The third kappa shape index (κ3) is 2.74. The second-order valence-corrected chi connectivity index (χ2v) is 3.90. The van der Waals surface area contributed by atoms with Gasteiger partial charge in [0.1, 0.15) is 0 Å². The van der Waals surface area contributed by atoms with Gasteiger partial charge in [-0.3, -0.25) is 5.10 Å². The molecule has 0 radical (unpaired) electrons. The number of nitrogens with one attached hydrogen (secondary N) is 2. The van der Waals surface area contributed by atoms with Crippen LogP contribution in [-0.4, -0.2) is 31.6 Å². The molecule has 1 aromatic rings. The molecular weight excluding hydrogens is 204 g/mol. The Hall–Kier alpha value is -1.02. The number of hydrogen-bond acceptors (Lipinski definition) is 3. The van der Waals surface area contributed by atoms with Crippen molar-refractivity contribution in [2.24, 2.45) is 0 Å². The van der Waals surface area contributed by atoms with Crippen molar-refractivity contribution in [3.05, 3.63) is 12.3 Å². The summed E-state index contributed by atoms with van der Waals surface area (Å²) in [7, 11) is -3.86. The molecule has 0 saturated carbocycles. The highest BCUT2D eigenvalue weighted by molar-refractivity contribution is 7.89. The fourth-order valence-electron chi connectivity index (χ4n) is 0.643. The average Bonchev–Trinajstić information content (AvgIpc) is 2.53. The van der Waals surface area contributed by atoms with E-state index in [1.165, 1.54) is 12.3 Å². The van der Waals surface area contributed by atoms with Gasteiger partial charge in [-0.1, -0.05) is 0 Å². The molecule has 0 amide bonds. The van der Waals surface area contributed by atoms with Gasteiger partial charge in [0.05, 0.1) is 12.7 Å². The van der Waals surface area contributed by atoms with E-state index in [0.717, 1.165) is 0 Å². The summed E-state index contributed by atoms with van der Waals surface area (Å²) < 4.78 is 47.2. The van der Waals surface area contributed by atoms with E-state index >= 15 is 0 Å². The van der Waals surface area contributed by atoms with E-state index in [2.05, 4.69) is 10.2 Å². The fraction of sp³-hybridized carbons (Fsp3) is 0.400. The highest BCUT2D eigenvalue weighted by Crippen LogP contribution is 2.02. The normalized spacial score (nSPS) is 12.2. The van der Waals surface area contributed by atoms with Gasteiger partial charge in [0.25, 0.3) is 16.4 Å². The van der Waals surface area contributed by atoms with Crippen molar-refractivity contribution < 1.29 is 17.2 Å². The summed E-state index contributed by atoms with van der Waals surface area (Å²) in [5.41, 5.74) is 0. The molecule has 13 heavy (non-hydrogen) atoms. The standard InChI is InChI=1S/C5H7F2N3O2S/c6-4(7)3-9-13(11,12)5-1-2-8-10-5/h1-2,4,9H,3H2,(H,8,10). The van der Waals surface area contributed by atoms with Crippen LogP contribution in [0.2, 0.25) is 0 Å². The zero-order valence-corrected chi connectivity index (χ0v) is 7.18. The summed E-state index contributed by atoms with van der Waals surface area (Å²) in [5.74, 6) is 0. The lowest BCUT2D eigenvalue weighted by Gasteiger charge is -2.02. The average molecular weight is 211 g/mol. The van der Waals surface area contributed by atoms with E-state index < -0.39 is 23.0 Å². The minimum atomic E-state index is -3.86. The van der Waals surface area contributed by atoms with Gasteiger partial charge in [-0.05, 0) is 6.07 Å². The van der Waals surface area contributed by atoms with Crippen LogP contribution in [0.3, 0.4) is 0 Å². The van der Waals surface area contributed by atoms with Crippen LogP contribution in [0.5, 0.6) is 0 Å². The molecule has 1 aromatic heterocycles. The maximum atomic E-state index is 11.7. The first-order chi connectivity index (χ1) is 6.02. The summed E-state index contributed by atoms with van der Waals surface area (Å²) in [4.78, 5) is 0. The van der Waals surface area contributed by atoms with Crippen LogP contribution in [0, 0.1) is 0 Å². The van der Waals surface area contributed by atoms with E-state index in [0.29, 0.717) is 0 Å². The smallest absolute Gasteiger partial charge is 0.257 e. The third-order valence-electron chi connectivity index (χ3n) is 1.19. The van der Waals surface area contributed by atoms with Crippen molar-refractivity contribution in [1.29, 1.82) is 0 Å². The number of aromatic amines is 1. The first kappa shape index (κ1) is 10.1.